The van der Waals surface area contributed by atoms with E-state index < -0.39 is 17.6 Å². The Morgan fingerprint density at radius 1 is 1.00 bits per heavy atom. The fourth-order valence-electron chi connectivity index (χ4n) is 3.31. The first-order valence-electron chi connectivity index (χ1n) is 10.1. The molecule has 33 heavy (non-hydrogen) atoms. The Kier molecular flexibility index (Phi) is 6.17. The van der Waals surface area contributed by atoms with E-state index >= 15 is 0 Å². The van der Waals surface area contributed by atoms with E-state index in [4.69, 9.17) is 9.15 Å². The molecule has 0 fully saturated rings. The van der Waals surface area contributed by atoms with Gasteiger partial charge in [0.15, 0.2) is 5.76 Å². The summed E-state index contributed by atoms with van der Waals surface area (Å²) in [6, 6.07) is 18.5. The van der Waals surface area contributed by atoms with Crippen LogP contribution in [0, 0.1) is 0 Å². The van der Waals surface area contributed by atoms with Crippen LogP contribution in [-0.4, -0.2) is 17.5 Å². The molecule has 8 heteroatoms. The second-order valence-corrected chi connectivity index (χ2v) is 7.03. The van der Waals surface area contributed by atoms with Crippen LogP contribution in [0.5, 0.6) is 5.75 Å². The maximum atomic E-state index is 13.3. The quantitative estimate of drug-likeness (QED) is 0.355. The summed E-state index contributed by atoms with van der Waals surface area (Å²) >= 11 is 0. The van der Waals surface area contributed by atoms with Gasteiger partial charge in [0.1, 0.15) is 5.75 Å². The van der Waals surface area contributed by atoms with Crippen molar-refractivity contribution in [2.45, 2.75) is 13.1 Å². The molecule has 0 aliphatic rings. The van der Waals surface area contributed by atoms with Crippen LogP contribution in [0.3, 0.4) is 0 Å². The van der Waals surface area contributed by atoms with E-state index in [-0.39, 0.29) is 17.1 Å². The highest BCUT2D eigenvalue weighted by Crippen LogP contribution is 2.35. The van der Waals surface area contributed by atoms with E-state index in [2.05, 4.69) is 10.3 Å². The van der Waals surface area contributed by atoms with Gasteiger partial charge in [-0.05, 0) is 55.5 Å². The third kappa shape index (κ3) is 4.90. The van der Waals surface area contributed by atoms with Gasteiger partial charge in [-0.25, -0.2) is 4.98 Å². The van der Waals surface area contributed by atoms with Gasteiger partial charge in [0, 0.05) is 11.1 Å². The van der Waals surface area contributed by atoms with Gasteiger partial charge in [0.2, 0.25) is 5.89 Å². The summed E-state index contributed by atoms with van der Waals surface area (Å²) < 4.78 is 51.2. The Labute approximate surface area is 187 Å². The first-order chi connectivity index (χ1) is 15.9. The number of oxazole rings is 1. The molecule has 5 nitrogen and oxygen atoms in total. The molecule has 4 aromatic rings. The Morgan fingerprint density at radius 2 is 1.70 bits per heavy atom. The zero-order valence-electron chi connectivity index (χ0n) is 17.5. The maximum Gasteiger partial charge on any atom is 0.418 e. The number of benzene rings is 3. The molecule has 4 rings (SSSR count). The smallest absolute Gasteiger partial charge is 0.418 e. The number of alkyl halides is 3. The average Bonchev–Trinajstić information content (AvgIpc) is 3.30. The van der Waals surface area contributed by atoms with Gasteiger partial charge in [-0.3, -0.25) is 4.79 Å². The first kappa shape index (κ1) is 22.1. The van der Waals surface area contributed by atoms with Gasteiger partial charge in [-0.1, -0.05) is 24.3 Å². The van der Waals surface area contributed by atoms with Gasteiger partial charge in [-0.15, -0.1) is 0 Å². The standard InChI is InChI=1S/C25H19F3N2O3/c1-2-32-17-13-11-16(12-14-17)22-15-29-24(33-22)19-8-4-3-7-18(19)23(31)30-21-10-6-5-9-20(21)25(26,27)28/h3-15H,2H2,1H3,(H,30,31). The highest BCUT2D eigenvalue weighted by atomic mass is 19.4. The van der Waals surface area contributed by atoms with E-state index in [1.807, 2.05) is 19.1 Å². The molecule has 0 aliphatic heterocycles. The van der Waals surface area contributed by atoms with E-state index in [0.717, 1.165) is 17.4 Å². The molecule has 0 atom stereocenters. The van der Waals surface area contributed by atoms with E-state index in [9.17, 15) is 18.0 Å². The van der Waals surface area contributed by atoms with Crippen molar-refractivity contribution in [3.8, 4) is 28.5 Å². The van der Waals surface area contributed by atoms with E-state index in [1.54, 1.807) is 30.3 Å². The van der Waals surface area contributed by atoms with Crippen LogP contribution in [0.2, 0.25) is 0 Å². The van der Waals surface area contributed by atoms with E-state index in [1.165, 1.54) is 30.5 Å². The lowest BCUT2D eigenvalue weighted by molar-refractivity contribution is -0.136. The van der Waals surface area contributed by atoms with Crippen LogP contribution in [-0.2, 0) is 6.18 Å². The summed E-state index contributed by atoms with van der Waals surface area (Å²) in [7, 11) is 0. The number of rotatable bonds is 6. The predicted molar refractivity (Wildman–Crippen MR) is 118 cm³/mol. The van der Waals surface area contributed by atoms with Crippen LogP contribution in [0.1, 0.15) is 22.8 Å². The van der Waals surface area contributed by atoms with Crippen molar-refractivity contribution in [3.63, 3.8) is 0 Å². The molecule has 0 spiro atoms. The summed E-state index contributed by atoms with van der Waals surface area (Å²) in [6.45, 7) is 2.45. The van der Waals surface area contributed by atoms with Crippen molar-refractivity contribution in [1.82, 2.24) is 4.98 Å². The van der Waals surface area contributed by atoms with Crippen molar-refractivity contribution in [2.75, 3.05) is 11.9 Å². The summed E-state index contributed by atoms with van der Waals surface area (Å²) in [4.78, 5) is 17.2. The van der Waals surface area contributed by atoms with Crippen LogP contribution in [0.15, 0.2) is 83.4 Å². The highest BCUT2D eigenvalue weighted by molar-refractivity contribution is 6.08. The molecule has 0 bridgehead atoms. The van der Waals surface area contributed by atoms with Crippen molar-refractivity contribution in [3.05, 3.63) is 90.1 Å². The summed E-state index contributed by atoms with van der Waals surface area (Å²) in [5.74, 6) is 0.671. The van der Waals surface area contributed by atoms with Gasteiger partial charge >= 0.3 is 6.18 Å². The number of nitrogens with one attached hydrogen (secondary N) is 1. The molecule has 1 amide bonds. The Hall–Kier alpha value is -4.07. The van der Waals surface area contributed by atoms with Crippen molar-refractivity contribution in [2.24, 2.45) is 0 Å². The third-order valence-corrected chi connectivity index (χ3v) is 4.84. The minimum absolute atomic E-state index is 0.134. The number of ether oxygens (including phenoxy) is 1. The van der Waals surface area contributed by atoms with Crippen LogP contribution < -0.4 is 10.1 Å². The van der Waals surface area contributed by atoms with Gasteiger partial charge < -0.3 is 14.5 Å². The predicted octanol–water partition coefficient (Wildman–Crippen LogP) is 6.68. The average molecular weight is 452 g/mol. The number of halogens is 3. The number of para-hydroxylation sites is 1. The molecule has 1 aromatic heterocycles. The Morgan fingerprint density at radius 3 is 2.42 bits per heavy atom. The van der Waals surface area contributed by atoms with Crippen LogP contribution >= 0.6 is 0 Å². The van der Waals surface area contributed by atoms with Crippen molar-refractivity contribution in [1.29, 1.82) is 0 Å². The minimum Gasteiger partial charge on any atom is -0.494 e. The Bertz CT molecular complexity index is 1260. The molecule has 1 N–H and O–H groups in total. The largest absolute Gasteiger partial charge is 0.494 e. The second-order valence-electron chi connectivity index (χ2n) is 7.03. The van der Waals surface area contributed by atoms with Gasteiger partial charge in [-0.2, -0.15) is 13.2 Å². The van der Waals surface area contributed by atoms with E-state index in [0.29, 0.717) is 17.9 Å². The molecule has 1 heterocycles. The van der Waals surface area contributed by atoms with Crippen LogP contribution in [0.25, 0.3) is 22.8 Å². The lowest BCUT2D eigenvalue weighted by Gasteiger charge is -2.14. The van der Waals surface area contributed by atoms with Crippen LogP contribution in [0.4, 0.5) is 18.9 Å². The third-order valence-electron chi connectivity index (χ3n) is 4.84. The normalized spacial score (nSPS) is 11.3. The lowest BCUT2D eigenvalue weighted by Crippen LogP contribution is -2.17. The molecule has 3 aromatic carbocycles. The number of anilines is 1. The monoisotopic (exact) mass is 452 g/mol. The molecular weight excluding hydrogens is 433 g/mol. The number of carbonyl (C=O) groups excluding carboxylic acids is 1. The topological polar surface area (TPSA) is 64.4 Å². The zero-order valence-corrected chi connectivity index (χ0v) is 17.5. The summed E-state index contributed by atoms with van der Waals surface area (Å²) in [6.07, 6.45) is -3.07. The fourth-order valence-corrected chi connectivity index (χ4v) is 3.31. The molecule has 0 unspecified atom stereocenters. The molecular formula is C25H19F3N2O3. The zero-order chi connectivity index (χ0) is 23.4. The Balaban J connectivity index is 1.62. The van der Waals surface area contributed by atoms with Crippen molar-refractivity contribution < 1.29 is 27.1 Å². The number of hydrogen-bond acceptors (Lipinski definition) is 4. The lowest BCUT2D eigenvalue weighted by atomic mass is 10.1. The minimum atomic E-state index is -4.60. The molecule has 0 saturated heterocycles. The number of hydrogen-bond donors (Lipinski definition) is 1. The van der Waals surface area contributed by atoms with Gasteiger partial charge in [0.25, 0.3) is 5.91 Å². The fraction of sp³-hybridized carbons (Fsp3) is 0.120. The maximum absolute atomic E-state index is 13.3. The summed E-state index contributed by atoms with van der Waals surface area (Å²) in [5.41, 5.74) is 0.00140. The second kappa shape index (κ2) is 9.20. The SMILES string of the molecule is CCOc1ccc(-c2cnc(-c3ccccc3C(=O)Nc3ccccc3C(F)(F)F)o2)cc1. The molecule has 168 valence electrons. The summed E-state index contributed by atoms with van der Waals surface area (Å²) in [5, 5.41) is 2.36. The molecule has 0 radical (unpaired) electrons. The number of nitrogens with zero attached hydrogens (tertiary/aromatic N) is 1. The first-order valence-corrected chi connectivity index (χ1v) is 10.1. The molecule has 0 saturated carbocycles. The highest BCUT2D eigenvalue weighted by Gasteiger charge is 2.33. The number of aromatic nitrogens is 1. The molecule has 0 aliphatic carbocycles. The number of carbonyl (C=O) groups is 1. The number of amides is 1. The van der Waals surface area contributed by atoms with Crippen molar-refractivity contribution >= 4 is 11.6 Å². The van der Waals surface area contributed by atoms with Gasteiger partial charge in [0.05, 0.1) is 29.6 Å².